The van der Waals surface area contributed by atoms with E-state index in [-0.39, 0.29) is 0 Å². The van der Waals surface area contributed by atoms with Gasteiger partial charge in [0.05, 0.1) is 0 Å². The second kappa shape index (κ2) is 7.64. The van der Waals surface area contributed by atoms with Crippen LogP contribution >= 0.6 is 0 Å². The fourth-order valence-electron chi connectivity index (χ4n) is 4.38. The standard InChI is InChI=1S/C17H34N2/c1-4-15-9-6-7-11-17(15)19-12-8-10-16(13-19)14(3)18-5-2/h14-18H,4-13H2,1-3H3. The molecule has 0 spiro atoms. The van der Waals surface area contributed by atoms with E-state index in [0.717, 1.165) is 24.4 Å². The molecule has 0 aromatic carbocycles. The fourth-order valence-corrected chi connectivity index (χ4v) is 4.38. The zero-order valence-electron chi connectivity index (χ0n) is 13.3. The Kier molecular flexibility index (Phi) is 6.15. The zero-order chi connectivity index (χ0) is 13.7. The molecule has 0 radical (unpaired) electrons. The van der Waals surface area contributed by atoms with Crippen LogP contribution in [0.4, 0.5) is 0 Å². The first kappa shape index (κ1) is 15.3. The molecule has 2 rings (SSSR count). The maximum atomic E-state index is 3.64. The van der Waals surface area contributed by atoms with Crippen molar-refractivity contribution in [2.45, 2.75) is 77.8 Å². The molecule has 1 saturated carbocycles. The normalized spacial score (nSPS) is 35.2. The average Bonchev–Trinajstić information content (AvgIpc) is 2.47. The molecule has 1 N–H and O–H groups in total. The van der Waals surface area contributed by atoms with Crippen LogP contribution in [0.25, 0.3) is 0 Å². The van der Waals surface area contributed by atoms with Crippen LogP contribution in [0.3, 0.4) is 0 Å². The van der Waals surface area contributed by atoms with Crippen molar-refractivity contribution in [3.8, 4) is 0 Å². The summed E-state index contributed by atoms with van der Waals surface area (Å²) in [5.41, 5.74) is 0. The predicted octanol–water partition coefficient (Wildman–Crippen LogP) is 3.67. The quantitative estimate of drug-likeness (QED) is 0.817. The van der Waals surface area contributed by atoms with Crippen molar-refractivity contribution >= 4 is 0 Å². The van der Waals surface area contributed by atoms with E-state index in [0.29, 0.717) is 6.04 Å². The summed E-state index contributed by atoms with van der Waals surface area (Å²) < 4.78 is 0. The number of hydrogen-bond acceptors (Lipinski definition) is 2. The van der Waals surface area contributed by atoms with Crippen molar-refractivity contribution in [3.63, 3.8) is 0 Å². The lowest BCUT2D eigenvalue weighted by molar-refractivity contribution is 0.0519. The van der Waals surface area contributed by atoms with Crippen LogP contribution in [0.5, 0.6) is 0 Å². The molecule has 2 fully saturated rings. The van der Waals surface area contributed by atoms with E-state index in [4.69, 9.17) is 0 Å². The smallest absolute Gasteiger partial charge is 0.0123 e. The highest BCUT2D eigenvalue weighted by Crippen LogP contribution is 2.33. The molecular weight excluding hydrogens is 232 g/mol. The van der Waals surface area contributed by atoms with E-state index in [2.05, 4.69) is 31.0 Å². The number of piperidine rings is 1. The van der Waals surface area contributed by atoms with Crippen LogP contribution in [0, 0.1) is 11.8 Å². The van der Waals surface area contributed by atoms with E-state index in [1.165, 1.54) is 58.0 Å². The Balaban J connectivity index is 1.92. The largest absolute Gasteiger partial charge is 0.314 e. The van der Waals surface area contributed by atoms with Gasteiger partial charge in [0.2, 0.25) is 0 Å². The van der Waals surface area contributed by atoms with Gasteiger partial charge in [-0.1, -0.05) is 33.1 Å². The molecule has 4 unspecified atom stereocenters. The van der Waals surface area contributed by atoms with Gasteiger partial charge in [-0.25, -0.2) is 0 Å². The Labute approximate surface area is 120 Å². The third-order valence-corrected chi connectivity index (χ3v) is 5.58. The van der Waals surface area contributed by atoms with Crippen LogP contribution in [-0.2, 0) is 0 Å². The lowest BCUT2D eigenvalue weighted by Gasteiger charge is -2.45. The lowest BCUT2D eigenvalue weighted by Crippen LogP contribution is -2.50. The van der Waals surface area contributed by atoms with Crippen LogP contribution in [0.1, 0.15) is 65.7 Å². The minimum Gasteiger partial charge on any atom is -0.314 e. The molecule has 1 heterocycles. The van der Waals surface area contributed by atoms with Gasteiger partial charge in [0.15, 0.2) is 0 Å². The summed E-state index contributed by atoms with van der Waals surface area (Å²) in [4.78, 5) is 2.86. The van der Waals surface area contributed by atoms with Gasteiger partial charge in [-0.15, -0.1) is 0 Å². The summed E-state index contributed by atoms with van der Waals surface area (Å²) in [6, 6.07) is 1.59. The number of rotatable bonds is 5. The Morgan fingerprint density at radius 1 is 1.11 bits per heavy atom. The second-order valence-electron chi connectivity index (χ2n) is 6.76. The van der Waals surface area contributed by atoms with E-state index in [1.54, 1.807) is 0 Å². The minimum atomic E-state index is 0.691. The molecule has 1 aliphatic carbocycles. The predicted molar refractivity (Wildman–Crippen MR) is 83.5 cm³/mol. The Morgan fingerprint density at radius 2 is 1.89 bits per heavy atom. The first-order chi connectivity index (χ1) is 9.26. The van der Waals surface area contributed by atoms with Gasteiger partial charge in [-0.3, -0.25) is 4.90 Å². The van der Waals surface area contributed by atoms with Crippen molar-refractivity contribution in [1.82, 2.24) is 10.2 Å². The van der Waals surface area contributed by atoms with E-state index in [1.807, 2.05) is 0 Å². The molecule has 0 bridgehead atoms. The highest BCUT2D eigenvalue weighted by atomic mass is 15.2. The molecule has 0 aromatic rings. The molecule has 0 amide bonds. The molecule has 0 aromatic heterocycles. The maximum Gasteiger partial charge on any atom is 0.0123 e. The molecule has 2 aliphatic rings. The number of nitrogens with one attached hydrogen (secondary N) is 1. The van der Waals surface area contributed by atoms with Crippen LogP contribution in [0.2, 0.25) is 0 Å². The SMILES string of the molecule is CCNC(C)C1CCCN(C2CCCCC2CC)C1. The van der Waals surface area contributed by atoms with Gasteiger partial charge in [0.1, 0.15) is 0 Å². The Bertz CT molecular complexity index is 254. The highest BCUT2D eigenvalue weighted by molar-refractivity contribution is 4.88. The van der Waals surface area contributed by atoms with Gasteiger partial charge < -0.3 is 5.32 Å². The molecule has 1 aliphatic heterocycles. The van der Waals surface area contributed by atoms with Crippen molar-refractivity contribution in [1.29, 1.82) is 0 Å². The van der Waals surface area contributed by atoms with E-state index in [9.17, 15) is 0 Å². The molecule has 2 nitrogen and oxygen atoms in total. The van der Waals surface area contributed by atoms with E-state index < -0.39 is 0 Å². The molecule has 4 atom stereocenters. The van der Waals surface area contributed by atoms with Gasteiger partial charge in [0.25, 0.3) is 0 Å². The summed E-state index contributed by atoms with van der Waals surface area (Å²) >= 11 is 0. The maximum absolute atomic E-state index is 3.64. The van der Waals surface area contributed by atoms with Gasteiger partial charge in [-0.05, 0) is 57.5 Å². The third kappa shape index (κ3) is 3.95. The van der Waals surface area contributed by atoms with Crippen molar-refractivity contribution in [2.75, 3.05) is 19.6 Å². The van der Waals surface area contributed by atoms with E-state index >= 15 is 0 Å². The first-order valence-corrected chi connectivity index (χ1v) is 8.73. The number of likely N-dealkylation sites (tertiary alicyclic amines) is 1. The molecule has 2 heteroatoms. The van der Waals surface area contributed by atoms with Crippen LogP contribution < -0.4 is 5.32 Å². The zero-order valence-corrected chi connectivity index (χ0v) is 13.3. The fraction of sp³-hybridized carbons (Fsp3) is 1.00. The van der Waals surface area contributed by atoms with Gasteiger partial charge in [-0.2, -0.15) is 0 Å². The van der Waals surface area contributed by atoms with Crippen LogP contribution in [-0.4, -0.2) is 36.6 Å². The average molecular weight is 266 g/mol. The second-order valence-corrected chi connectivity index (χ2v) is 6.76. The molecule has 1 saturated heterocycles. The summed E-state index contributed by atoms with van der Waals surface area (Å²) in [6.45, 7) is 10.8. The third-order valence-electron chi connectivity index (χ3n) is 5.58. The summed E-state index contributed by atoms with van der Waals surface area (Å²) in [7, 11) is 0. The monoisotopic (exact) mass is 266 g/mol. The summed E-state index contributed by atoms with van der Waals surface area (Å²) in [6.07, 6.45) is 10.1. The number of hydrogen-bond donors (Lipinski definition) is 1. The van der Waals surface area contributed by atoms with Crippen molar-refractivity contribution in [3.05, 3.63) is 0 Å². The first-order valence-electron chi connectivity index (χ1n) is 8.73. The molecular formula is C17H34N2. The van der Waals surface area contributed by atoms with Crippen molar-refractivity contribution < 1.29 is 0 Å². The number of nitrogens with zero attached hydrogens (tertiary/aromatic N) is 1. The van der Waals surface area contributed by atoms with Gasteiger partial charge >= 0.3 is 0 Å². The summed E-state index contributed by atoms with van der Waals surface area (Å²) in [5, 5.41) is 3.64. The molecule has 19 heavy (non-hydrogen) atoms. The van der Waals surface area contributed by atoms with Crippen molar-refractivity contribution in [2.24, 2.45) is 11.8 Å². The summed E-state index contributed by atoms with van der Waals surface area (Å²) in [5.74, 6) is 1.84. The Hall–Kier alpha value is -0.0800. The van der Waals surface area contributed by atoms with Crippen LogP contribution in [0.15, 0.2) is 0 Å². The Morgan fingerprint density at radius 3 is 2.63 bits per heavy atom. The lowest BCUT2D eigenvalue weighted by atomic mass is 9.80. The topological polar surface area (TPSA) is 15.3 Å². The highest BCUT2D eigenvalue weighted by Gasteiger charge is 2.33. The van der Waals surface area contributed by atoms with Gasteiger partial charge in [0, 0.05) is 18.6 Å². The minimum absolute atomic E-state index is 0.691. The molecule has 112 valence electrons.